The van der Waals surface area contributed by atoms with Crippen LogP contribution in [-0.2, 0) is 11.3 Å². The van der Waals surface area contributed by atoms with E-state index < -0.39 is 0 Å². The number of fused-ring (bicyclic) bond motifs is 2. The second kappa shape index (κ2) is 8.39. The number of aromatic nitrogens is 1. The highest BCUT2D eigenvalue weighted by Gasteiger charge is 2.15. The van der Waals surface area contributed by atoms with Gasteiger partial charge in [-0.15, -0.1) is 0 Å². The lowest BCUT2D eigenvalue weighted by Crippen LogP contribution is -2.28. The molecular weight excluding hydrogens is 396 g/mol. The number of amides is 1. The van der Waals surface area contributed by atoms with E-state index >= 15 is 0 Å². The summed E-state index contributed by atoms with van der Waals surface area (Å²) in [5, 5.41) is 9.01. The predicted molar refractivity (Wildman–Crippen MR) is 114 cm³/mol. The van der Waals surface area contributed by atoms with Crippen LogP contribution in [0, 0.1) is 0 Å². The van der Waals surface area contributed by atoms with E-state index in [0.29, 0.717) is 41.9 Å². The monoisotopic (exact) mass is 416 g/mol. The van der Waals surface area contributed by atoms with Gasteiger partial charge in [0.25, 0.3) is 5.91 Å². The molecule has 7 heteroatoms. The zero-order chi connectivity index (χ0) is 21.0. The average molecular weight is 416 g/mol. The molecule has 31 heavy (non-hydrogen) atoms. The van der Waals surface area contributed by atoms with Gasteiger partial charge in [0.05, 0.1) is 6.54 Å². The van der Waals surface area contributed by atoms with Gasteiger partial charge in [0.15, 0.2) is 23.9 Å². The standard InChI is InChI=1S/C24H20N2O5/c27-24(15-30-20-7-5-16-3-1-2-4-17(16)11-20)25-14-19-13-22(31-26-19)18-6-8-21-23(12-18)29-10-9-28-21/h1-8,11-13H,9-10,14-15H2,(H,25,27). The molecule has 5 rings (SSSR count). The molecule has 3 aromatic carbocycles. The first-order valence-corrected chi connectivity index (χ1v) is 9.98. The Balaban J connectivity index is 1.16. The van der Waals surface area contributed by atoms with Crippen molar-refractivity contribution in [3.05, 3.63) is 72.4 Å². The van der Waals surface area contributed by atoms with Crippen molar-refractivity contribution in [2.24, 2.45) is 0 Å². The van der Waals surface area contributed by atoms with Gasteiger partial charge in [0.2, 0.25) is 0 Å². The van der Waals surface area contributed by atoms with Crippen LogP contribution >= 0.6 is 0 Å². The van der Waals surface area contributed by atoms with E-state index in [1.54, 1.807) is 6.07 Å². The fourth-order valence-corrected chi connectivity index (χ4v) is 3.37. The summed E-state index contributed by atoms with van der Waals surface area (Å²) < 4.78 is 22.2. The number of rotatable bonds is 6. The van der Waals surface area contributed by atoms with Crippen LogP contribution in [0.3, 0.4) is 0 Å². The molecule has 4 aromatic rings. The normalized spacial score (nSPS) is 12.5. The molecule has 0 fully saturated rings. The third-order valence-corrected chi connectivity index (χ3v) is 4.94. The zero-order valence-corrected chi connectivity index (χ0v) is 16.7. The first-order valence-electron chi connectivity index (χ1n) is 9.98. The van der Waals surface area contributed by atoms with E-state index in [1.807, 2.05) is 60.7 Å². The van der Waals surface area contributed by atoms with Crippen LogP contribution < -0.4 is 19.5 Å². The predicted octanol–water partition coefficient (Wildman–Crippen LogP) is 3.96. The van der Waals surface area contributed by atoms with Crippen LogP contribution in [0.15, 0.2) is 71.3 Å². The number of nitrogens with one attached hydrogen (secondary N) is 1. The lowest BCUT2D eigenvalue weighted by Gasteiger charge is -2.18. The van der Waals surface area contributed by atoms with E-state index in [0.717, 1.165) is 16.3 Å². The SMILES string of the molecule is O=C(COc1ccc2ccccc2c1)NCc1cc(-c2ccc3c(c2)OCCO3)on1. The minimum absolute atomic E-state index is 0.0782. The third-order valence-electron chi connectivity index (χ3n) is 4.94. The number of hydrogen-bond donors (Lipinski definition) is 1. The van der Waals surface area contributed by atoms with Crippen molar-refractivity contribution in [3.63, 3.8) is 0 Å². The molecule has 2 heterocycles. The second-order valence-corrected chi connectivity index (χ2v) is 7.12. The largest absolute Gasteiger partial charge is 0.486 e. The van der Waals surface area contributed by atoms with Gasteiger partial charge in [-0.05, 0) is 41.1 Å². The summed E-state index contributed by atoms with van der Waals surface area (Å²) in [7, 11) is 0. The molecule has 0 radical (unpaired) electrons. The molecular formula is C24H20N2O5. The van der Waals surface area contributed by atoms with Crippen LogP contribution in [0.5, 0.6) is 17.2 Å². The Kier molecular flexibility index (Phi) is 5.14. The Hall–Kier alpha value is -4.00. The molecule has 156 valence electrons. The number of nitrogens with zero attached hydrogens (tertiary/aromatic N) is 1. The number of hydrogen-bond acceptors (Lipinski definition) is 6. The highest BCUT2D eigenvalue weighted by atomic mass is 16.6. The lowest BCUT2D eigenvalue weighted by molar-refractivity contribution is -0.123. The Bertz CT molecular complexity index is 1230. The Morgan fingerprint density at radius 2 is 1.77 bits per heavy atom. The molecule has 0 saturated heterocycles. The molecule has 0 atom stereocenters. The van der Waals surface area contributed by atoms with Gasteiger partial charge in [-0.2, -0.15) is 0 Å². The first kappa shape index (κ1) is 19.0. The van der Waals surface area contributed by atoms with Crippen molar-refractivity contribution in [2.45, 2.75) is 6.54 Å². The van der Waals surface area contributed by atoms with E-state index in [4.69, 9.17) is 18.7 Å². The van der Waals surface area contributed by atoms with Crippen LogP contribution in [0.1, 0.15) is 5.69 Å². The van der Waals surface area contributed by atoms with Crippen molar-refractivity contribution >= 4 is 16.7 Å². The van der Waals surface area contributed by atoms with Gasteiger partial charge in [-0.3, -0.25) is 4.79 Å². The molecule has 7 nitrogen and oxygen atoms in total. The minimum Gasteiger partial charge on any atom is -0.486 e. The molecule has 1 N–H and O–H groups in total. The summed E-state index contributed by atoms with van der Waals surface area (Å²) in [6.07, 6.45) is 0. The van der Waals surface area contributed by atoms with Gasteiger partial charge in [0, 0.05) is 11.6 Å². The second-order valence-electron chi connectivity index (χ2n) is 7.12. The van der Waals surface area contributed by atoms with Crippen molar-refractivity contribution in [1.29, 1.82) is 0 Å². The Morgan fingerprint density at radius 3 is 2.68 bits per heavy atom. The molecule has 0 spiro atoms. The molecule has 0 aliphatic carbocycles. The minimum atomic E-state index is -0.239. The van der Waals surface area contributed by atoms with E-state index in [2.05, 4.69) is 10.5 Å². The number of benzene rings is 3. The molecule has 1 aliphatic heterocycles. The number of ether oxygens (including phenoxy) is 3. The average Bonchev–Trinajstić information content (AvgIpc) is 3.30. The maximum Gasteiger partial charge on any atom is 0.258 e. The van der Waals surface area contributed by atoms with Crippen molar-refractivity contribution in [1.82, 2.24) is 10.5 Å². The maximum absolute atomic E-state index is 12.2. The van der Waals surface area contributed by atoms with E-state index in [-0.39, 0.29) is 19.1 Å². The van der Waals surface area contributed by atoms with Crippen LogP contribution in [0.25, 0.3) is 22.1 Å². The maximum atomic E-state index is 12.2. The van der Waals surface area contributed by atoms with E-state index in [9.17, 15) is 4.79 Å². The smallest absolute Gasteiger partial charge is 0.258 e. The van der Waals surface area contributed by atoms with Crippen LogP contribution in [0.2, 0.25) is 0 Å². The van der Waals surface area contributed by atoms with Crippen molar-refractivity contribution < 1.29 is 23.5 Å². The molecule has 1 amide bonds. The summed E-state index contributed by atoms with van der Waals surface area (Å²) in [5.41, 5.74) is 1.44. The highest BCUT2D eigenvalue weighted by Crippen LogP contribution is 2.34. The molecule has 0 saturated carbocycles. The fraction of sp³-hybridized carbons (Fsp3) is 0.167. The lowest BCUT2D eigenvalue weighted by atomic mass is 10.1. The summed E-state index contributed by atoms with van der Waals surface area (Å²) in [5.74, 6) is 2.40. The summed E-state index contributed by atoms with van der Waals surface area (Å²) in [4.78, 5) is 12.2. The summed E-state index contributed by atoms with van der Waals surface area (Å²) in [6, 6.07) is 21.1. The third kappa shape index (κ3) is 4.30. The van der Waals surface area contributed by atoms with E-state index in [1.165, 1.54) is 0 Å². The van der Waals surface area contributed by atoms with Gasteiger partial charge < -0.3 is 24.1 Å². The van der Waals surface area contributed by atoms with Crippen molar-refractivity contribution in [3.8, 4) is 28.6 Å². The highest BCUT2D eigenvalue weighted by molar-refractivity contribution is 5.84. The Labute approximate surface area is 178 Å². The van der Waals surface area contributed by atoms with Crippen LogP contribution in [0.4, 0.5) is 0 Å². The van der Waals surface area contributed by atoms with Crippen LogP contribution in [-0.4, -0.2) is 30.9 Å². The molecule has 0 unspecified atom stereocenters. The van der Waals surface area contributed by atoms with Gasteiger partial charge in [-0.1, -0.05) is 35.5 Å². The van der Waals surface area contributed by atoms with Gasteiger partial charge in [-0.25, -0.2) is 0 Å². The first-order chi connectivity index (χ1) is 15.2. The summed E-state index contributed by atoms with van der Waals surface area (Å²) >= 11 is 0. The molecule has 1 aromatic heterocycles. The quantitative estimate of drug-likeness (QED) is 0.512. The van der Waals surface area contributed by atoms with Gasteiger partial charge >= 0.3 is 0 Å². The van der Waals surface area contributed by atoms with Gasteiger partial charge in [0.1, 0.15) is 24.7 Å². The fourth-order valence-electron chi connectivity index (χ4n) is 3.37. The molecule has 1 aliphatic rings. The summed E-state index contributed by atoms with van der Waals surface area (Å²) in [6.45, 7) is 1.23. The topological polar surface area (TPSA) is 82.8 Å². The van der Waals surface area contributed by atoms with Crippen molar-refractivity contribution in [2.75, 3.05) is 19.8 Å². The Morgan fingerprint density at radius 1 is 0.935 bits per heavy atom. The zero-order valence-electron chi connectivity index (χ0n) is 16.7. The molecule has 0 bridgehead atoms. The number of carbonyl (C=O) groups is 1. The number of carbonyl (C=O) groups excluding carboxylic acids is 1.